The Morgan fingerprint density at radius 3 is 2.67 bits per heavy atom. The largest absolute Gasteiger partial charge is 0.417 e. The summed E-state index contributed by atoms with van der Waals surface area (Å²) in [5.74, 6) is -0.630. The van der Waals surface area contributed by atoms with Crippen molar-refractivity contribution in [2.75, 3.05) is 6.26 Å². The van der Waals surface area contributed by atoms with E-state index in [-0.39, 0.29) is 11.6 Å². The van der Waals surface area contributed by atoms with Crippen molar-refractivity contribution in [3.63, 3.8) is 0 Å². The van der Waals surface area contributed by atoms with Crippen molar-refractivity contribution in [1.29, 1.82) is 0 Å². The van der Waals surface area contributed by atoms with Crippen LogP contribution < -0.4 is 5.32 Å². The standard InChI is InChI=1S/C15H18F3NOS/c1-21-11-6-4-5-10(9-11)19-14(20)12-7-2-3-8-13(12)15(16,17)18/h2-3,7-8,10-11H,4-6,9H2,1H3,(H,19,20)/t10-,11-/m0/s1. The highest BCUT2D eigenvalue weighted by molar-refractivity contribution is 7.99. The fourth-order valence-corrected chi connectivity index (χ4v) is 3.51. The normalized spacial score (nSPS) is 22.9. The monoisotopic (exact) mass is 317 g/mol. The second-order valence-electron chi connectivity index (χ2n) is 5.24. The van der Waals surface area contributed by atoms with Crippen LogP contribution in [-0.2, 0) is 6.18 Å². The van der Waals surface area contributed by atoms with Gasteiger partial charge in [-0.25, -0.2) is 0 Å². The Bertz CT molecular complexity index is 504. The van der Waals surface area contributed by atoms with Gasteiger partial charge in [0, 0.05) is 11.3 Å². The van der Waals surface area contributed by atoms with E-state index in [2.05, 4.69) is 5.32 Å². The molecule has 0 spiro atoms. The van der Waals surface area contributed by atoms with Crippen molar-refractivity contribution >= 4 is 17.7 Å². The lowest BCUT2D eigenvalue weighted by atomic mass is 9.94. The van der Waals surface area contributed by atoms with E-state index in [0.29, 0.717) is 5.25 Å². The molecule has 1 aromatic carbocycles. The van der Waals surface area contributed by atoms with Gasteiger partial charge in [0.1, 0.15) is 0 Å². The molecule has 0 bridgehead atoms. The van der Waals surface area contributed by atoms with E-state index in [4.69, 9.17) is 0 Å². The minimum absolute atomic E-state index is 0.0370. The third kappa shape index (κ3) is 4.15. The van der Waals surface area contributed by atoms with Crippen LogP contribution in [0.2, 0.25) is 0 Å². The van der Waals surface area contributed by atoms with Gasteiger partial charge in [0.25, 0.3) is 5.91 Å². The van der Waals surface area contributed by atoms with Gasteiger partial charge in [-0.3, -0.25) is 4.79 Å². The Morgan fingerprint density at radius 1 is 1.29 bits per heavy atom. The molecule has 2 rings (SSSR count). The predicted molar refractivity (Wildman–Crippen MR) is 78.5 cm³/mol. The van der Waals surface area contributed by atoms with Crippen molar-refractivity contribution in [3.8, 4) is 0 Å². The van der Waals surface area contributed by atoms with Crippen molar-refractivity contribution < 1.29 is 18.0 Å². The fourth-order valence-electron chi connectivity index (χ4n) is 2.68. The van der Waals surface area contributed by atoms with E-state index < -0.39 is 17.6 Å². The summed E-state index contributed by atoms with van der Waals surface area (Å²) in [6.45, 7) is 0. The van der Waals surface area contributed by atoms with Crippen molar-refractivity contribution in [1.82, 2.24) is 5.32 Å². The topological polar surface area (TPSA) is 29.1 Å². The van der Waals surface area contributed by atoms with Gasteiger partial charge in [0.2, 0.25) is 0 Å². The second-order valence-corrected chi connectivity index (χ2v) is 6.38. The SMILES string of the molecule is CS[C@H]1CCC[C@H](NC(=O)c2ccccc2C(F)(F)F)C1. The first kappa shape index (κ1) is 16.2. The Morgan fingerprint density at radius 2 is 2.00 bits per heavy atom. The first-order valence-electron chi connectivity index (χ1n) is 6.91. The molecule has 0 radical (unpaired) electrons. The molecular weight excluding hydrogens is 299 g/mol. The summed E-state index contributed by atoms with van der Waals surface area (Å²) in [6.07, 6.45) is 1.26. The minimum Gasteiger partial charge on any atom is -0.349 e. The second kappa shape index (κ2) is 6.73. The van der Waals surface area contributed by atoms with E-state index in [1.807, 2.05) is 6.26 Å². The molecule has 116 valence electrons. The molecule has 0 aliphatic heterocycles. The van der Waals surface area contributed by atoms with Gasteiger partial charge in [0.15, 0.2) is 0 Å². The highest BCUT2D eigenvalue weighted by Gasteiger charge is 2.35. The molecule has 0 heterocycles. The zero-order chi connectivity index (χ0) is 15.5. The van der Waals surface area contributed by atoms with E-state index in [1.54, 1.807) is 11.8 Å². The molecule has 2 nitrogen and oxygen atoms in total. The number of amides is 1. The summed E-state index contributed by atoms with van der Waals surface area (Å²) >= 11 is 1.75. The summed E-state index contributed by atoms with van der Waals surface area (Å²) in [5.41, 5.74) is -1.17. The van der Waals surface area contributed by atoms with E-state index in [0.717, 1.165) is 31.7 Å². The lowest BCUT2D eigenvalue weighted by Crippen LogP contribution is -2.39. The fraction of sp³-hybridized carbons (Fsp3) is 0.533. The molecule has 0 unspecified atom stereocenters. The third-order valence-corrected chi connectivity index (χ3v) is 4.87. The molecular formula is C15H18F3NOS. The Balaban J connectivity index is 2.10. The van der Waals surface area contributed by atoms with Gasteiger partial charge in [-0.2, -0.15) is 24.9 Å². The average Bonchev–Trinajstić information content (AvgIpc) is 2.46. The minimum atomic E-state index is -4.51. The van der Waals surface area contributed by atoms with E-state index in [1.165, 1.54) is 18.2 Å². The summed E-state index contributed by atoms with van der Waals surface area (Å²) < 4.78 is 38.8. The first-order chi connectivity index (χ1) is 9.91. The number of carbonyl (C=O) groups excluding carboxylic acids is 1. The average molecular weight is 317 g/mol. The molecule has 0 aromatic heterocycles. The quantitative estimate of drug-likeness (QED) is 0.909. The lowest BCUT2D eigenvalue weighted by Gasteiger charge is -2.29. The van der Waals surface area contributed by atoms with Gasteiger partial charge < -0.3 is 5.32 Å². The predicted octanol–water partition coefficient (Wildman–Crippen LogP) is 4.11. The van der Waals surface area contributed by atoms with Crippen LogP contribution in [0.1, 0.15) is 41.6 Å². The van der Waals surface area contributed by atoms with Gasteiger partial charge in [-0.05, 0) is 37.7 Å². The first-order valence-corrected chi connectivity index (χ1v) is 8.20. The number of carbonyl (C=O) groups is 1. The number of hydrogen-bond acceptors (Lipinski definition) is 2. The highest BCUT2D eigenvalue weighted by Crippen LogP contribution is 2.32. The zero-order valence-corrected chi connectivity index (χ0v) is 12.6. The van der Waals surface area contributed by atoms with Crippen LogP contribution in [0.4, 0.5) is 13.2 Å². The number of hydrogen-bond donors (Lipinski definition) is 1. The van der Waals surface area contributed by atoms with Crippen LogP contribution in [0.3, 0.4) is 0 Å². The van der Waals surface area contributed by atoms with E-state index in [9.17, 15) is 18.0 Å². The smallest absolute Gasteiger partial charge is 0.349 e. The highest BCUT2D eigenvalue weighted by atomic mass is 32.2. The summed E-state index contributed by atoms with van der Waals surface area (Å²) in [5, 5.41) is 3.23. The van der Waals surface area contributed by atoms with Gasteiger partial charge in [-0.1, -0.05) is 18.6 Å². The van der Waals surface area contributed by atoms with Gasteiger partial charge in [0.05, 0.1) is 11.1 Å². The summed E-state index contributed by atoms with van der Waals surface area (Å²) in [4.78, 5) is 12.2. The summed E-state index contributed by atoms with van der Waals surface area (Å²) in [6, 6.07) is 4.89. The summed E-state index contributed by atoms with van der Waals surface area (Å²) in [7, 11) is 0. The van der Waals surface area contributed by atoms with Crippen LogP contribution in [0.15, 0.2) is 24.3 Å². The van der Waals surface area contributed by atoms with Crippen LogP contribution >= 0.6 is 11.8 Å². The molecule has 21 heavy (non-hydrogen) atoms. The molecule has 1 N–H and O–H groups in total. The molecule has 2 atom stereocenters. The van der Waals surface area contributed by atoms with Crippen LogP contribution in [0, 0.1) is 0 Å². The molecule has 1 saturated carbocycles. The Labute approximate surface area is 126 Å². The number of nitrogens with one attached hydrogen (secondary N) is 1. The maximum atomic E-state index is 12.9. The number of thioether (sulfide) groups is 1. The van der Waals surface area contributed by atoms with Gasteiger partial charge >= 0.3 is 6.18 Å². The van der Waals surface area contributed by atoms with Crippen LogP contribution in [-0.4, -0.2) is 23.5 Å². The molecule has 1 aliphatic rings. The Kier molecular flexibility index (Phi) is 5.19. The molecule has 1 fully saturated rings. The molecule has 1 aromatic rings. The van der Waals surface area contributed by atoms with Crippen molar-refractivity contribution in [2.24, 2.45) is 0 Å². The maximum absolute atomic E-state index is 12.9. The zero-order valence-electron chi connectivity index (χ0n) is 11.7. The Hall–Kier alpha value is -1.17. The molecule has 6 heteroatoms. The molecule has 0 saturated heterocycles. The number of alkyl halides is 3. The van der Waals surface area contributed by atoms with Crippen LogP contribution in [0.25, 0.3) is 0 Å². The number of rotatable bonds is 3. The van der Waals surface area contributed by atoms with Crippen molar-refractivity contribution in [3.05, 3.63) is 35.4 Å². The van der Waals surface area contributed by atoms with Crippen LogP contribution in [0.5, 0.6) is 0 Å². The van der Waals surface area contributed by atoms with E-state index >= 15 is 0 Å². The number of benzene rings is 1. The maximum Gasteiger partial charge on any atom is 0.417 e. The van der Waals surface area contributed by atoms with Gasteiger partial charge in [-0.15, -0.1) is 0 Å². The van der Waals surface area contributed by atoms with Crippen molar-refractivity contribution in [2.45, 2.75) is 43.2 Å². The number of halogens is 3. The molecule has 1 aliphatic carbocycles. The third-order valence-electron chi connectivity index (χ3n) is 3.77. The molecule has 1 amide bonds. The lowest BCUT2D eigenvalue weighted by molar-refractivity contribution is -0.137.